The van der Waals surface area contributed by atoms with Crippen molar-refractivity contribution >= 4 is 35.7 Å². The fourth-order valence-corrected chi connectivity index (χ4v) is 11.5. The van der Waals surface area contributed by atoms with Gasteiger partial charge in [-0.25, -0.2) is 0 Å². The maximum absolute atomic E-state index is 13.9. The Bertz CT molecular complexity index is 1700. The van der Waals surface area contributed by atoms with Crippen LogP contribution in [0.1, 0.15) is 131 Å². The minimum Gasteiger partial charge on any atom is -0.459 e. The lowest BCUT2D eigenvalue weighted by atomic mass is 9.78. The summed E-state index contributed by atoms with van der Waals surface area (Å²) < 4.78 is 5.68. The Morgan fingerprint density at radius 2 is 1.21 bits per heavy atom. The van der Waals surface area contributed by atoms with Crippen molar-refractivity contribution in [1.29, 1.82) is 0 Å². The second kappa shape index (κ2) is 24.0. The standard InChI is InChI=1S/C51H76NO8P/c1-8-44-51(7,59)48(56)39(5)52(35-36(2)34-50(6,58)47(55)37(3)46(54)38(4)49(57)60-44)45(53)29-23-15-13-11-9-10-12-14-18-24-40-30-32-43(33-31-40)61(41-25-19-16-20-26-41)42-27-21-17-22-28-42/h16-17,19-22,25-28,30-33,36-39,44,46-48,54-56,58-59H,8-15,18,23-24,29,34-35H2,1-7H3/t36-,37+,38-,39-,44-,46+,47-,48-,50-,51-/m1/s1. The van der Waals surface area contributed by atoms with Crippen molar-refractivity contribution in [2.45, 2.75) is 174 Å². The van der Waals surface area contributed by atoms with E-state index in [1.165, 1.54) is 67.9 Å². The van der Waals surface area contributed by atoms with E-state index < -0.39 is 67.4 Å². The number of nitrogens with zero attached hydrogens (tertiary/aromatic N) is 1. The molecule has 1 fully saturated rings. The molecule has 0 aromatic heterocycles. The van der Waals surface area contributed by atoms with Crippen molar-refractivity contribution in [3.8, 4) is 0 Å². The smallest absolute Gasteiger partial charge is 0.311 e. The van der Waals surface area contributed by atoms with Crippen LogP contribution in [0.15, 0.2) is 84.9 Å². The van der Waals surface area contributed by atoms with Gasteiger partial charge in [0.25, 0.3) is 0 Å². The SMILES string of the molecule is CC[C@H]1OC(=O)[C@H](C)[C@@H](O)[C@H](C)[C@@H](O)[C@](C)(O)C[C@@H](C)CN(C(=O)CCCCCCCCCCCc2ccc(P(c3ccccc3)c3ccccc3)cc2)[C@H](C)[C@@H](O)[C@]1(C)O. The van der Waals surface area contributed by atoms with Crippen molar-refractivity contribution in [1.82, 2.24) is 4.90 Å². The number of ether oxygens (including phenoxy) is 1. The van der Waals surface area contributed by atoms with E-state index in [-0.39, 0.29) is 37.6 Å². The molecule has 0 spiro atoms. The lowest BCUT2D eigenvalue weighted by Crippen LogP contribution is -2.60. The second-order valence-electron chi connectivity index (χ2n) is 18.4. The molecule has 0 bridgehead atoms. The number of carbonyl (C=O) groups excluding carboxylic acids is 2. The number of benzene rings is 3. The molecule has 1 saturated heterocycles. The normalized spacial score (nSPS) is 29.5. The summed E-state index contributed by atoms with van der Waals surface area (Å²) in [6.07, 6.45) is 6.06. The number of hydrogen-bond acceptors (Lipinski definition) is 8. The van der Waals surface area contributed by atoms with Crippen molar-refractivity contribution in [3.05, 3.63) is 90.5 Å². The predicted molar refractivity (Wildman–Crippen MR) is 248 cm³/mol. The van der Waals surface area contributed by atoms with Gasteiger partial charge in [-0.1, -0.05) is 151 Å². The number of aliphatic hydroxyl groups is 5. The molecule has 9 nitrogen and oxygen atoms in total. The van der Waals surface area contributed by atoms with E-state index in [4.69, 9.17) is 4.74 Å². The molecule has 5 N–H and O–H groups in total. The quantitative estimate of drug-likeness (QED) is 0.0572. The maximum Gasteiger partial charge on any atom is 0.311 e. The zero-order chi connectivity index (χ0) is 44.7. The molecule has 3 aromatic rings. The van der Waals surface area contributed by atoms with Gasteiger partial charge in [-0.2, -0.15) is 0 Å². The number of aryl methyl sites for hydroxylation is 1. The molecule has 4 rings (SSSR count). The van der Waals surface area contributed by atoms with Crippen LogP contribution >= 0.6 is 7.92 Å². The molecular formula is C51H76NO8P. The number of esters is 1. The zero-order valence-electron chi connectivity index (χ0n) is 38.0. The Labute approximate surface area is 367 Å². The maximum atomic E-state index is 13.9. The third kappa shape index (κ3) is 14.2. The van der Waals surface area contributed by atoms with Crippen LogP contribution < -0.4 is 15.9 Å². The number of hydrogen-bond donors (Lipinski definition) is 5. The van der Waals surface area contributed by atoms with Crippen LogP contribution in [0.25, 0.3) is 0 Å². The van der Waals surface area contributed by atoms with Crippen molar-refractivity contribution in [2.75, 3.05) is 6.54 Å². The fourth-order valence-electron chi connectivity index (χ4n) is 9.18. The predicted octanol–water partition coefficient (Wildman–Crippen LogP) is 7.32. The Kier molecular flexibility index (Phi) is 19.9. The van der Waals surface area contributed by atoms with Crippen LogP contribution in [0.4, 0.5) is 0 Å². The van der Waals surface area contributed by atoms with Gasteiger partial charge in [0.15, 0.2) is 0 Å². The lowest BCUT2D eigenvalue weighted by Gasteiger charge is -2.43. The van der Waals surface area contributed by atoms with E-state index in [1.54, 1.807) is 25.7 Å². The highest BCUT2D eigenvalue weighted by Gasteiger charge is 2.48. The van der Waals surface area contributed by atoms with E-state index in [9.17, 15) is 35.1 Å². The number of rotatable bonds is 16. The Balaban J connectivity index is 1.23. The van der Waals surface area contributed by atoms with Crippen LogP contribution in [-0.4, -0.2) is 90.5 Å². The summed E-state index contributed by atoms with van der Waals surface area (Å²) in [6, 6.07) is 30.0. The van der Waals surface area contributed by atoms with E-state index in [0.717, 1.165) is 32.1 Å². The van der Waals surface area contributed by atoms with E-state index in [2.05, 4.69) is 84.9 Å². The van der Waals surface area contributed by atoms with Crippen LogP contribution in [-0.2, 0) is 20.7 Å². The molecule has 10 heteroatoms. The summed E-state index contributed by atoms with van der Waals surface area (Å²) in [4.78, 5) is 28.6. The van der Waals surface area contributed by atoms with Gasteiger partial charge in [0.1, 0.15) is 17.8 Å². The highest BCUT2D eigenvalue weighted by Crippen LogP contribution is 2.34. The van der Waals surface area contributed by atoms with Crippen molar-refractivity contribution in [2.24, 2.45) is 17.8 Å². The minimum atomic E-state index is -1.91. The average molecular weight is 862 g/mol. The molecule has 1 aliphatic heterocycles. The number of amides is 1. The van der Waals surface area contributed by atoms with E-state index >= 15 is 0 Å². The van der Waals surface area contributed by atoms with Gasteiger partial charge in [0.05, 0.1) is 29.8 Å². The third-order valence-electron chi connectivity index (χ3n) is 13.1. The summed E-state index contributed by atoms with van der Waals surface area (Å²) in [5, 5.41) is 60.9. The second-order valence-corrected chi connectivity index (χ2v) is 20.6. The molecule has 1 amide bonds. The van der Waals surface area contributed by atoms with Gasteiger partial charge >= 0.3 is 5.97 Å². The molecule has 10 atom stereocenters. The van der Waals surface area contributed by atoms with Crippen LogP contribution in [0.5, 0.6) is 0 Å². The highest BCUT2D eigenvalue weighted by molar-refractivity contribution is 7.79. The first-order valence-corrected chi connectivity index (χ1v) is 24.3. The number of cyclic esters (lactones) is 1. The first kappa shape index (κ1) is 50.5. The first-order valence-electron chi connectivity index (χ1n) is 23.0. The first-order chi connectivity index (χ1) is 29.0. The van der Waals surface area contributed by atoms with Crippen LogP contribution in [0.2, 0.25) is 0 Å². The van der Waals surface area contributed by atoms with Gasteiger partial charge in [-0.3, -0.25) is 9.59 Å². The Morgan fingerprint density at radius 1 is 0.721 bits per heavy atom. The summed E-state index contributed by atoms with van der Waals surface area (Å²) in [5.41, 5.74) is -2.16. The van der Waals surface area contributed by atoms with E-state index in [1.807, 2.05) is 6.92 Å². The molecule has 0 aliphatic carbocycles. The summed E-state index contributed by atoms with van der Waals surface area (Å²) in [6.45, 7) is 11.4. The molecule has 0 unspecified atom stereocenters. The minimum absolute atomic E-state index is 0.100. The van der Waals surface area contributed by atoms with Crippen LogP contribution in [0.3, 0.4) is 0 Å². The average Bonchev–Trinajstić information content (AvgIpc) is 3.25. The number of aliphatic hydroxyl groups excluding tert-OH is 3. The monoisotopic (exact) mass is 862 g/mol. The molecule has 61 heavy (non-hydrogen) atoms. The molecule has 0 saturated carbocycles. The summed E-state index contributed by atoms with van der Waals surface area (Å²) in [7, 11) is -0.589. The van der Waals surface area contributed by atoms with Gasteiger partial charge in [0, 0.05) is 18.9 Å². The topological polar surface area (TPSA) is 148 Å². The molecule has 1 aliphatic rings. The molecular weight excluding hydrogens is 786 g/mol. The zero-order valence-corrected chi connectivity index (χ0v) is 38.9. The molecule has 338 valence electrons. The van der Waals surface area contributed by atoms with Crippen molar-refractivity contribution < 1.29 is 39.9 Å². The third-order valence-corrected chi connectivity index (χ3v) is 15.5. The van der Waals surface area contributed by atoms with Crippen LogP contribution in [0, 0.1) is 17.8 Å². The van der Waals surface area contributed by atoms with Gasteiger partial charge in [0.2, 0.25) is 5.91 Å². The number of carbonyl (C=O) groups is 2. The Morgan fingerprint density at radius 3 is 1.74 bits per heavy atom. The van der Waals surface area contributed by atoms with Gasteiger partial charge < -0.3 is 35.2 Å². The number of unbranched alkanes of at least 4 members (excludes halogenated alkanes) is 8. The molecule has 1 heterocycles. The highest BCUT2D eigenvalue weighted by atomic mass is 31.1. The lowest BCUT2D eigenvalue weighted by molar-refractivity contribution is -0.194. The summed E-state index contributed by atoms with van der Waals surface area (Å²) >= 11 is 0. The molecule has 0 radical (unpaired) electrons. The van der Waals surface area contributed by atoms with E-state index in [0.29, 0.717) is 6.42 Å². The Hall–Kier alpha value is -3.17. The van der Waals surface area contributed by atoms with Crippen molar-refractivity contribution in [3.63, 3.8) is 0 Å². The fraction of sp³-hybridized carbons (Fsp3) is 0.608. The van der Waals surface area contributed by atoms with Gasteiger partial charge in [-0.15, -0.1) is 0 Å². The molecule has 3 aromatic carbocycles. The summed E-state index contributed by atoms with van der Waals surface area (Å²) in [5.74, 6) is -3.21. The largest absolute Gasteiger partial charge is 0.459 e. The van der Waals surface area contributed by atoms with Gasteiger partial charge in [-0.05, 0) is 95.1 Å².